The molecule has 5 rings (SSSR count). The Balaban J connectivity index is 1.53. The zero-order valence-electron chi connectivity index (χ0n) is 18.2. The summed E-state index contributed by atoms with van der Waals surface area (Å²) in [6.45, 7) is 9.81. The van der Waals surface area contributed by atoms with Gasteiger partial charge in [-0.1, -0.05) is 0 Å². The van der Waals surface area contributed by atoms with E-state index in [1.807, 2.05) is 17.2 Å². The molecule has 0 aromatic carbocycles. The number of piperazine rings is 1. The van der Waals surface area contributed by atoms with Crippen LogP contribution < -0.4 is 14.7 Å². The van der Waals surface area contributed by atoms with Crippen molar-refractivity contribution in [3.05, 3.63) is 30.1 Å². The van der Waals surface area contributed by atoms with E-state index in [9.17, 15) is 5.11 Å². The topological polar surface area (TPSA) is 81.1 Å². The number of aliphatic hydroxyl groups is 1. The SMILES string of the molecule is CCN(CCO)c1nc(N2CCN3CCOCC3C2)c2c(n1)N(c1cccnc1)CC2. The van der Waals surface area contributed by atoms with E-state index in [0.717, 1.165) is 76.2 Å². The first-order valence-electron chi connectivity index (χ1n) is 11.3. The van der Waals surface area contributed by atoms with Gasteiger partial charge in [0.25, 0.3) is 0 Å². The van der Waals surface area contributed by atoms with Gasteiger partial charge in [-0.3, -0.25) is 9.88 Å². The van der Waals surface area contributed by atoms with Crippen LogP contribution >= 0.6 is 0 Å². The fraction of sp³-hybridized carbons (Fsp3) is 0.591. The maximum atomic E-state index is 9.55. The van der Waals surface area contributed by atoms with Gasteiger partial charge in [-0.05, 0) is 25.5 Å². The number of hydrogen-bond donors (Lipinski definition) is 1. The second-order valence-corrected chi connectivity index (χ2v) is 8.28. The minimum Gasteiger partial charge on any atom is -0.395 e. The van der Waals surface area contributed by atoms with Crippen molar-refractivity contribution in [2.24, 2.45) is 0 Å². The van der Waals surface area contributed by atoms with Crippen LogP contribution in [-0.4, -0.2) is 96.6 Å². The zero-order valence-corrected chi connectivity index (χ0v) is 18.2. The molecule has 2 saturated heterocycles. The quantitative estimate of drug-likeness (QED) is 0.726. The van der Waals surface area contributed by atoms with Gasteiger partial charge in [-0.15, -0.1) is 0 Å². The van der Waals surface area contributed by atoms with Gasteiger partial charge < -0.3 is 24.5 Å². The molecule has 2 aromatic rings. The van der Waals surface area contributed by atoms with Gasteiger partial charge in [0.15, 0.2) is 0 Å². The van der Waals surface area contributed by atoms with Crippen LogP contribution in [0, 0.1) is 0 Å². The molecule has 0 aliphatic carbocycles. The lowest BCUT2D eigenvalue weighted by atomic mass is 10.1. The maximum absolute atomic E-state index is 9.55. The molecule has 1 atom stereocenters. The summed E-state index contributed by atoms with van der Waals surface area (Å²) in [6.07, 6.45) is 4.59. The first-order chi connectivity index (χ1) is 15.3. The number of anilines is 4. The Hall–Kier alpha value is -2.49. The van der Waals surface area contributed by atoms with E-state index in [2.05, 4.69) is 32.7 Å². The molecule has 5 heterocycles. The molecule has 2 aromatic heterocycles. The number of likely N-dealkylation sites (N-methyl/N-ethyl adjacent to an activating group) is 1. The smallest absolute Gasteiger partial charge is 0.229 e. The summed E-state index contributed by atoms with van der Waals surface area (Å²) in [5, 5.41) is 9.55. The summed E-state index contributed by atoms with van der Waals surface area (Å²) in [5.74, 6) is 2.68. The minimum absolute atomic E-state index is 0.0774. The molecule has 1 N–H and O–H groups in total. The molecule has 3 aliphatic heterocycles. The molecule has 9 heteroatoms. The summed E-state index contributed by atoms with van der Waals surface area (Å²) < 4.78 is 5.75. The van der Waals surface area contributed by atoms with E-state index in [0.29, 0.717) is 18.5 Å². The fourth-order valence-corrected chi connectivity index (χ4v) is 4.85. The molecule has 31 heavy (non-hydrogen) atoms. The molecule has 0 radical (unpaired) electrons. The van der Waals surface area contributed by atoms with Crippen molar-refractivity contribution < 1.29 is 9.84 Å². The summed E-state index contributed by atoms with van der Waals surface area (Å²) >= 11 is 0. The Morgan fingerprint density at radius 1 is 1.19 bits per heavy atom. The number of aromatic nitrogens is 3. The molecule has 166 valence electrons. The number of fused-ring (bicyclic) bond motifs is 2. The Labute approximate surface area is 183 Å². The predicted molar refractivity (Wildman–Crippen MR) is 120 cm³/mol. The van der Waals surface area contributed by atoms with E-state index in [4.69, 9.17) is 14.7 Å². The lowest BCUT2D eigenvalue weighted by Crippen LogP contribution is -2.58. The number of hydrogen-bond acceptors (Lipinski definition) is 9. The van der Waals surface area contributed by atoms with E-state index < -0.39 is 0 Å². The summed E-state index contributed by atoms with van der Waals surface area (Å²) in [6, 6.07) is 4.45. The van der Waals surface area contributed by atoms with Gasteiger partial charge in [0.2, 0.25) is 5.95 Å². The van der Waals surface area contributed by atoms with Crippen molar-refractivity contribution in [2.45, 2.75) is 19.4 Å². The number of rotatable bonds is 6. The van der Waals surface area contributed by atoms with Crippen molar-refractivity contribution in [3.63, 3.8) is 0 Å². The summed E-state index contributed by atoms with van der Waals surface area (Å²) in [7, 11) is 0. The zero-order chi connectivity index (χ0) is 21.2. The second kappa shape index (κ2) is 8.94. The van der Waals surface area contributed by atoms with Gasteiger partial charge in [0.05, 0.1) is 37.7 Å². The molecular formula is C22H31N7O2. The fourth-order valence-electron chi connectivity index (χ4n) is 4.85. The van der Waals surface area contributed by atoms with E-state index in [1.54, 1.807) is 6.20 Å². The predicted octanol–water partition coefficient (Wildman–Crippen LogP) is 0.905. The highest BCUT2D eigenvalue weighted by Crippen LogP contribution is 2.39. The molecule has 9 nitrogen and oxygen atoms in total. The van der Waals surface area contributed by atoms with E-state index in [-0.39, 0.29) is 6.61 Å². The van der Waals surface area contributed by atoms with Gasteiger partial charge in [-0.2, -0.15) is 9.97 Å². The van der Waals surface area contributed by atoms with Crippen LogP contribution in [0.2, 0.25) is 0 Å². The number of aliphatic hydroxyl groups excluding tert-OH is 1. The standard InChI is InChI=1S/C22H31N7O2/c1-2-26(10-12-30)22-24-20(28-9-8-27-11-13-31-16-18(27)15-28)19-5-7-29(21(19)25-22)17-4-3-6-23-14-17/h3-4,6,14,18,30H,2,5,7-13,15-16H2,1H3. The van der Waals surface area contributed by atoms with Crippen molar-refractivity contribution in [1.29, 1.82) is 0 Å². The lowest BCUT2D eigenvalue weighted by Gasteiger charge is -2.44. The highest BCUT2D eigenvalue weighted by Gasteiger charge is 2.34. The first kappa shape index (κ1) is 20.4. The number of morpholine rings is 1. The molecule has 0 bridgehead atoms. The van der Waals surface area contributed by atoms with Crippen molar-refractivity contribution in [1.82, 2.24) is 19.9 Å². The Kier molecular flexibility index (Phi) is 5.89. The average Bonchev–Trinajstić information content (AvgIpc) is 3.26. The molecular weight excluding hydrogens is 394 g/mol. The third kappa shape index (κ3) is 3.93. The number of nitrogens with zero attached hydrogens (tertiary/aromatic N) is 7. The van der Waals surface area contributed by atoms with E-state index in [1.165, 1.54) is 5.56 Å². The van der Waals surface area contributed by atoms with Crippen LogP contribution in [0.4, 0.5) is 23.3 Å². The monoisotopic (exact) mass is 425 g/mol. The lowest BCUT2D eigenvalue weighted by molar-refractivity contribution is -0.0118. The van der Waals surface area contributed by atoms with Crippen LogP contribution in [0.5, 0.6) is 0 Å². The van der Waals surface area contributed by atoms with Crippen molar-refractivity contribution in [3.8, 4) is 0 Å². The highest BCUT2D eigenvalue weighted by atomic mass is 16.5. The minimum atomic E-state index is 0.0774. The van der Waals surface area contributed by atoms with Crippen molar-refractivity contribution in [2.75, 3.05) is 80.3 Å². The molecule has 2 fully saturated rings. The van der Waals surface area contributed by atoms with Crippen LogP contribution in [0.3, 0.4) is 0 Å². The highest BCUT2D eigenvalue weighted by molar-refractivity contribution is 5.73. The van der Waals surface area contributed by atoms with Crippen LogP contribution in [0.15, 0.2) is 24.5 Å². The number of pyridine rings is 1. The largest absolute Gasteiger partial charge is 0.395 e. The Bertz CT molecular complexity index is 897. The summed E-state index contributed by atoms with van der Waals surface area (Å²) in [4.78, 5) is 23.6. The van der Waals surface area contributed by atoms with E-state index >= 15 is 0 Å². The van der Waals surface area contributed by atoms with Gasteiger partial charge in [-0.25, -0.2) is 0 Å². The molecule has 0 spiro atoms. The van der Waals surface area contributed by atoms with Crippen molar-refractivity contribution >= 4 is 23.3 Å². The Morgan fingerprint density at radius 2 is 2.10 bits per heavy atom. The molecule has 0 saturated carbocycles. The third-order valence-corrected chi connectivity index (χ3v) is 6.52. The summed E-state index contributed by atoms with van der Waals surface area (Å²) in [5.41, 5.74) is 2.25. The van der Waals surface area contributed by atoms with Crippen LogP contribution in [0.1, 0.15) is 12.5 Å². The average molecular weight is 426 g/mol. The molecule has 1 unspecified atom stereocenters. The Morgan fingerprint density at radius 3 is 2.90 bits per heavy atom. The molecule has 3 aliphatic rings. The van der Waals surface area contributed by atoms with Crippen LogP contribution in [0.25, 0.3) is 0 Å². The second-order valence-electron chi connectivity index (χ2n) is 8.28. The van der Waals surface area contributed by atoms with Gasteiger partial charge >= 0.3 is 0 Å². The molecule has 0 amide bonds. The maximum Gasteiger partial charge on any atom is 0.229 e. The number of ether oxygens (including phenoxy) is 1. The normalized spacial score (nSPS) is 21.2. The van der Waals surface area contributed by atoms with Crippen LogP contribution in [-0.2, 0) is 11.2 Å². The first-order valence-corrected chi connectivity index (χ1v) is 11.3. The van der Waals surface area contributed by atoms with Gasteiger partial charge in [0.1, 0.15) is 11.6 Å². The van der Waals surface area contributed by atoms with Gasteiger partial charge in [0, 0.05) is 57.6 Å². The third-order valence-electron chi connectivity index (χ3n) is 6.52.